The summed E-state index contributed by atoms with van der Waals surface area (Å²) in [5.41, 5.74) is 1.55. The second-order valence-corrected chi connectivity index (χ2v) is 8.21. The highest BCUT2D eigenvalue weighted by molar-refractivity contribution is 7.89. The quantitative estimate of drug-likeness (QED) is 0.677. The predicted molar refractivity (Wildman–Crippen MR) is 105 cm³/mol. The van der Waals surface area contributed by atoms with Gasteiger partial charge < -0.3 is 14.2 Å². The van der Waals surface area contributed by atoms with Crippen molar-refractivity contribution < 1.29 is 27.4 Å². The molecule has 0 saturated carbocycles. The molecule has 0 radical (unpaired) electrons. The number of nitrogens with one attached hydrogen (secondary N) is 1. The smallest absolute Gasteiger partial charge is 0.338 e. The van der Waals surface area contributed by atoms with Crippen LogP contribution >= 0.6 is 0 Å². The number of esters is 1. The van der Waals surface area contributed by atoms with Crippen LogP contribution in [0.5, 0.6) is 11.5 Å². The third kappa shape index (κ3) is 5.24. The van der Waals surface area contributed by atoms with E-state index >= 15 is 0 Å². The minimum Gasteiger partial charge on any atom is -0.493 e. The van der Waals surface area contributed by atoms with E-state index in [9.17, 15) is 13.2 Å². The number of methoxy groups -OCH3 is 2. The summed E-state index contributed by atoms with van der Waals surface area (Å²) in [6, 6.07) is 9.55. The molecule has 1 N–H and O–H groups in total. The number of sulfonamides is 1. The highest BCUT2D eigenvalue weighted by atomic mass is 32.2. The van der Waals surface area contributed by atoms with Gasteiger partial charge in [-0.05, 0) is 56.2 Å². The Labute approximate surface area is 165 Å². The minimum absolute atomic E-state index is 0.00905. The third-order valence-electron chi connectivity index (χ3n) is 3.98. The van der Waals surface area contributed by atoms with Crippen LogP contribution in [0.1, 0.15) is 35.3 Å². The van der Waals surface area contributed by atoms with Crippen LogP contribution in [0.25, 0.3) is 0 Å². The summed E-state index contributed by atoms with van der Waals surface area (Å²) in [5.74, 6) is 0.527. The van der Waals surface area contributed by atoms with Gasteiger partial charge in [-0.3, -0.25) is 0 Å². The molecule has 2 aromatic carbocycles. The van der Waals surface area contributed by atoms with E-state index in [1.807, 2.05) is 13.8 Å². The first-order valence-electron chi connectivity index (χ1n) is 8.70. The Morgan fingerprint density at radius 3 is 2.39 bits per heavy atom. The average molecular weight is 407 g/mol. The molecule has 0 saturated heterocycles. The minimum atomic E-state index is -3.82. The number of rotatable bonds is 8. The fourth-order valence-electron chi connectivity index (χ4n) is 2.53. The molecule has 0 atom stereocenters. The lowest BCUT2D eigenvalue weighted by atomic mass is 10.1. The first-order valence-corrected chi connectivity index (χ1v) is 10.2. The largest absolute Gasteiger partial charge is 0.493 e. The number of ether oxygens (including phenoxy) is 3. The van der Waals surface area contributed by atoms with E-state index in [2.05, 4.69) is 4.72 Å². The zero-order valence-corrected chi connectivity index (χ0v) is 17.4. The van der Waals surface area contributed by atoms with Crippen LogP contribution in [0, 0.1) is 6.92 Å². The molecule has 152 valence electrons. The summed E-state index contributed by atoms with van der Waals surface area (Å²) in [6.07, 6.45) is -0.0104. The molecule has 0 aliphatic rings. The maximum atomic E-state index is 12.6. The van der Waals surface area contributed by atoms with Gasteiger partial charge in [0, 0.05) is 6.54 Å². The predicted octanol–water partition coefficient (Wildman–Crippen LogP) is 3.06. The highest BCUT2D eigenvalue weighted by Gasteiger charge is 2.18. The van der Waals surface area contributed by atoms with Crippen molar-refractivity contribution in [2.45, 2.75) is 38.3 Å². The molecule has 0 fully saturated rings. The zero-order valence-electron chi connectivity index (χ0n) is 16.6. The number of aryl methyl sites for hydroxylation is 1. The summed E-state index contributed by atoms with van der Waals surface area (Å²) < 4.78 is 43.5. The Hall–Kier alpha value is -2.58. The molecular weight excluding hydrogens is 382 g/mol. The van der Waals surface area contributed by atoms with E-state index in [1.54, 1.807) is 31.2 Å². The van der Waals surface area contributed by atoms with Gasteiger partial charge in [-0.25, -0.2) is 17.9 Å². The van der Waals surface area contributed by atoms with E-state index in [-0.39, 0.29) is 23.1 Å². The summed E-state index contributed by atoms with van der Waals surface area (Å²) >= 11 is 0. The summed E-state index contributed by atoms with van der Waals surface area (Å²) in [6.45, 7) is 5.59. The normalized spacial score (nSPS) is 11.4. The second-order valence-electron chi connectivity index (χ2n) is 6.44. The molecule has 0 heterocycles. The van der Waals surface area contributed by atoms with Crippen molar-refractivity contribution in [1.29, 1.82) is 0 Å². The molecule has 7 nitrogen and oxygen atoms in total. The summed E-state index contributed by atoms with van der Waals surface area (Å²) in [4.78, 5) is 11.8. The molecule has 0 unspecified atom stereocenters. The van der Waals surface area contributed by atoms with Crippen LogP contribution in [0.2, 0.25) is 0 Å². The molecule has 28 heavy (non-hydrogen) atoms. The topological polar surface area (TPSA) is 90.9 Å². The fourth-order valence-corrected chi connectivity index (χ4v) is 3.58. The van der Waals surface area contributed by atoms with Gasteiger partial charge in [0.15, 0.2) is 11.5 Å². The van der Waals surface area contributed by atoms with Crippen molar-refractivity contribution in [3.05, 3.63) is 53.1 Å². The average Bonchev–Trinajstić information content (AvgIpc) is 2.66. The van der Waals surface area contributed by atoms with Crippen LogP contribution < -0.4 is 14.2 Å². The summed E-state index contributed by atoms with van der Waals surface area (Å²) in [7, 11) is -1.04. The lowest BCUT2D eigenvalue weighted by molar-refractivity contribution is 0.0599. The molecular formula is C20H25NO6S. The second kappa shape index (κ2) is 9.07. The molecule has 0 aromatic heterocycles. The van der Waals surface area contributed by atoms with Gasteiger partial charge in [0.2, 0.25) is 10.0 Å². The number of carbonyl (C=O) groups is 1. The summed E-state index contributed by atoms with van der Waals surface area (Å²) in [5, 5.41) is 0. The maximum absolute atomic E-state index is 12.6. The van der Waals surface area contributed by atoms with Gasteiger partial charge >= 0.3 is 5.97 Å². The van der Waals surface area contributed by atoms with Crippen molar-refractivity contribution >= 4 is 16.0 Å². The molecule has 2 aromatic rings. The molecule has 0 aliphatic carbocycles. The Morgan fingerprint density at radius 1 is 1.07 bits per heavy atom. The van der Waals surface area contributed by atoms with Gasteiger partial charge in [-0.15, -0.1) is 0 Å². The fraction of sp³-hybridized carbons (Fsp3) is 0.350. The van der Waals surface area contributed by atoms with Crippen molar-refractivity contribution in [2.24, 2.45) is 0 Å². The zero-order chi connectivity index (χ0) is 20.9. The molecule has 8 heteroatoms. The van der Waals surface area contributed by atoms with Crippen LogP contribution in [0.15, 0.2) is 41.3 Å². The van der Waals surface area contributed by atoms with Gasteiger partial charge in [0.25, 0.3) is 0 Å². The lowest BCUT2D eigenvalue weighted by Crippen LogP contribution is -2.23. The van der Waals surface area contributed by atoms with E-state index < -0.39 is 16.0 Å². The van der Waals surface area contributed by atoms with Crippen molar-refractivity contribution in [3.8, 4) is 11.5 Å². The first kappa shape index (κ1) is 21.7. The Kier molecular flexibility index (Phi) is 7.04. The lowest BCUT2D eigenvalue weighted by Gasteiger charge is -2.15. The van der Waals surface area contributed by atoms with Crippen LogP contribution in [-0.2, 0) is 21.3 Å². The third-order valence-corrected chi connectivity index (χ3v) is 5.38. The first-order chi connectivity index (χ1) is 13.2. The van der Waals surface area contributed by atoms with Gasteiger partial charge in [0.1, 0.15) is 0 Å². The van der Waals surface area contributed by atoms with Crippen LogP contribution in [-0.4, -0.2) is 34.7 Å². The van der Waals surface area contributed by atoms with Crippen molar-refractivity contribution in [3.63, 3.8) is 0 Å². The Balaban J connectivity index is 2.21. The van der Waals surface area contributed by atoms with Crippen LogP contribution in [0.4, 0.5) is 0 Å². The Bertz CT molecular complexity index is 953. The molecule has 0 bridgehead atoms. The Morgan fingerprint density at radius 2 is 1.79 bits per heavy atom. The SMILES string of the molecule is COC(=O)c1cc(S(=O)(=O)NCc2ccc(OC(C)C)c(OC)c2)ccc1C. The van der Waals surface area contributed by atoms with Crippen molar-refractivity contribution in [1.82, 2.24) is 4.72 Å². The van der Waals surface area contributed by atoms with E-state index in [0.29, 0.717) is 22.6 Å². The van der Waals surface area contributed by atoms with E-state index in [0.717, 1.165) is 0 Å². The monoisotopic (exact) mass is 407 g/mol. The van der Waals surface area contributed by atoms with Crippen molar-refractivity contribution in [2.75, 3.05) is 14.2 Å². The number of hydrogen-bond donors (Lipinski definition) is 1. The van der Waals surface area contributed by atoms with Gasteiger partial charge in [0.05, 0.1) is 30.8 Å². The molecule has 2 rings (SSSR count). The number of carbonyl (C=O) groups excluding carboxylic acids is 1. The molecule has 0 aliphatic heterocycles. The molecule has 0 amide bonds. The van der Waals surface area contributed by atoms with Gasteiger partial charge in [-0.1, -0.05) is 12.1 Å². The molecule has 0 spiro atoms. The van der Waals surface area contributed by atoms with E-state index in [4.69, 9.17) is 14.2 Å². The van der Waals surface area contributed by atoms with Crippen LogP contribution in [0.3, 0.4) is 0 Å². The standard InChI is InChI=1S/C20H25NO6S/c1-13(2)27-18-9-7-15(10-19(18)25-4)12-21-28(23,24)16-8-6-14(3)17(11-16)20(22)26-5/h6-11,13,21H,12H2,1-5H3. The number of hydrogen-bond acceptors (Lipinski definition) is 6. The highest BCUT2D eigenvalue weighted by Crippen LogP contribution is 2.29. The van der Waals surface area contributed by atoms with Gasteiger partial charge in [-0.2, -0.15) is 0 Å². The maximum Gasteiger partial charge on any atom is 0.338 e. The number of benzene rings is 2. The van der Waals surface area contributed by atoms with E-state index in [1.165, 1.54) is 26.4 Å².